The van der Waals surface area contributed by atoms with Crippen LogP contribution >= 0.6 is 0 Å². The lowest BCUT2D eigenvalue weighted by molar-refractivity contribution is -0.166. The van der Waals surface area contributed by atoms with Gasteiger partial charge in [0, 0.05) is 12.8 Å². The van der Waals surface area contributed by atoms with Crippen molar-refractivity contribution in [3.63, 3.8) is 0 Å². The minimum atomic E-state index is -0.826. The number of esters is 3. The van der Waals surface area contributed by atoms with E-state index in [9.17, 15) is 14.4 Å². The molecule has 0 bridgehead atoms. The van der Waals surface area contributed by atoms with E-state index in [1.54, 1.807) is 6.08 Å². The fraction of sp³-hybridized carbons (Fsp3) is 0.687. The van der Waals surface area contributed by atoms with Crippen LogP contribution in [0.4, 0.5) is 0 Å². The van der Waals surface area contributed by atoms with Crippen molar-refractivity contribution in [3.05, 3.63) is 109 Å². The van der Waals surface area contributed by atoms with Gasteiger partial charge in [0.2, 0.25) is 0 Å². The van der Waals surface area contributed by atoms with Gasteiger partial charge in [-0.25, -0.2) is 0 Å². The molecule has 1 unspecified atom stereocenters. The Labute approximate surface area is 450 Å². The van der Waals surface area contributed by atoms with Gasteiger partial charge in [-0.05, 0) is 109 Å². The van der Waals surface area contributed by atoms with E-state index in [-0.39, 0.29) is 31.6 Å². The number of allylic oxidation sites excluding steroid dienone is 17. The van der Waals surface area contributed by atoms with Gasteiger partial charge in [0.05, 0.1) is 6.42 Å². The second-order valence-corrected chi connectivity index (χ2v) is 19.9. The largest absolute Gasteiger partial charge is 0.462 e. The minimum absolute atomic E-state index is 0.114. The van der Waals surface area contributed by atoms with Crippen LogP contribution in [0.25, 0.3) is 0 Å². The van der Waals surface area contributed by atoms with Gasteiger partial charge in [-0.1, -0.05) is 259 Å². The zero-order valence-electron chi connectivity index (χ0n) is 47.6. The van der Waals surface area contributed by atoms with Crippen molar-refractivity contribution in [1.29, 1.82) is 0 Å². The highest BCUT2D eigenvalue weighted by molar-refractivity contribution is 5.72. The SMILES string of the molecule is CC/C=C\C/C=C\C/C=C\C/C=C\C/C=C\CC(=O)OCC(COC(=O)CCCCCCCCCC/C=C\C/C=C\C/C=C\CCCCCCC)OC(=O)CCCCCCCCC/C=C\CCCCCCCC. The number of ether oxygens (including phenoxy) is 3. The molecule has 0 aliphatic heterocycles. The van der Waals surface area contributed by atoms with E-state index < -0.39 is 12.1 Å². The number of unbranched alkanes of at least 4 members (excludes halogenated alkanes) is 26. The standard InChI is InChI=1S/C67H112O6/c1-4-7-10-13-16-19-22-25-28-30-31-32-33-34-35-37-39-42-45-48-51-54-57-60-66(69)72-63-64(62-71-65(68)59-56-53-50-47-44-41-38-27-24-21-18-15-12-9-6-3)73-67(70)61-58-55-52-49-46-43-40-36-29-26-23-20-17-14-11-8-5-2/h9,12,18,21-22,25-27,29-31,33-34,38,44,47,53,56,64H,4-8,10-11,13-17,19-20,23-24,28,32,35-37,39-43,45-46,48-52,54-55,57-63H2,1-3H3/b12-9-,21-18-,25-22-,29-26-,31-30-,34-33-,38-27-,47-44-,56-53-. The topological polar surface area (TPSA) is 78.9 Å². The first-order valence-electron chi connectivity index (χ1n) is 30.4. The smallest absolute Gasteiger partial charge is 0.309 e. The molecule has 0 spiro atoms. The van der Waals surface area contributed by atoms with Crippen LogP contribution in [0.15, 0.2) is 109 Å². The van der Waals surface area contributed by atoms with E-state index in [4.69, 9.17) is 14.2 Å². The summed E-state index contributed by atoms with van der Waals surface area (Å²) in [5, 5.41) is 0. The first-order valence-corrected chi connectivity index (χ1v) is 30.4. The zero-order chi connectivity index (χ0) is 52.9. The zero-order valence-corrected chi connectivity index (χ0v) is 47.6. The Kier molecular flexibility index (Phi) is 57.4. The van der Waals surface area contributed by atoms with Crippen molar-refractivity contribution in [1.82, 2.24) is 0 Å². The normalized spacial score (nSPS) is 12.9. The first-order chi connectivity index (χ1) is 36.0. The molecule has 0 amide bonds. The van der Waals surface area contributed by atoms with Gasteiger partial charge in [0.1, 0.15) is 13.2 Å². The predicted octanol–water partition coefficient (Wildman–Crippen LogP) is 20.7. The number of hydrogen-bond donors (Lipinski definition) is 0. The van der Waals surface area contributed by atoms with E-state index in [1.165, 1.54) is 148 Å². The Balaban J connectivity index is 4.46. The second kappa shape index (κ2) is 60.6. The Morgan fingerprint density at radius 1 is 0.301 bits per heavy atom. The van der Waals surface area contributed by atoms with Gasteiger partial charge in [-0.3, -0.25) is 14.4 Å². The van der Waals surface area contributed by atoms with Crippen molar-refractivity contribution >= 4 is 17.9 Å². The number of carbonyl (C=O) groups is 3. The minimum Gasteiger partial charge on any atom is -0.462 e. The monoisotopic (exact) mass is 1010 g/mol. The molecule has 0 rings (SSSR count). The van der Waals surface area contributed by atoms with Crippen molar-refractivity contribution in [2.75, 3.05) is 13.2 Å². The number of hydrogen-bond acceptors (Lipinski definition) is 6. The van der Waals surface area contributed by atoms with Crippen LogP contribution in [0.5, 0.6) is 0 Å². The Morgan fingerprint density at radius 2 is 0.589 bits per heavy atom. The van der Waals surface area contributed by atoms with Crippen LogP contribution in [0.1, 0.15) is 278 Å². The molecule has 0 aromatic carbocycles. The van der Waals surface area contributed by atoms with Gasteiger partial charge in [-0.15, -0.1) is 0 Å². The van der Waals surface area contributed by atoms with E-state index in [2.05, 4.69) is 118 Å². The molecule has 0 heterocycles. The molecule has 0 saturated carbocycles. The fourth-order valence-corrected chi connectivity index (χ4v) is 8.22. The third-order valence-electron chi connectivity index (χ3n) is 12.8. The summed E-state index contributed by atoms with van der Waals surface area (Å²) in [4.78, 5) is 38.2. The van der Waals surface area contributed by atoms with Crippen LogP contribution in [0, 0.1) is 0 Å². The van der Waals surface area contributed by atoms with Crippen LogP contribution in [0.3, 0.4) is 0 Å². The molecule has 0 aliphatic carbocycles. The Hall–Kier alpha value is -3.93. The molecule has 0 aromatic rings. The summed E-state index contributed by atoms with van der Waals surface area (Å²) in [5.74, 6) is -1.06. The Bertz CT molecular complexity index is 1490. The molecule has 0 aromatic heterocycles. The summed E-state index contributed by atoms with van der Waals surface area (Å²) < 4.78 is 16.8. The average Bonchev–Trinajstić information content (AvgIpc) is 3.39. The second-order valence-electron chi connectivity index (χ2n) is 19.9. The van der Waals surface area contributed by atoms with Crippen molar-refractivity contribution in [3.8, 4) is 0 Å². The van der Waals surface area contributed by atoms with Gasteiger partial charge >= 0.3 is 17.9 Å². The van der Waals surface area contributed by atoms with E-state index >= 15 is 0 Å². The third kappa shape index (κ3) is 58.8. The highest BCUT2D eigenvalue weighted by Crippen LogP contribution is 2.15. The molecule has 416 valence electrons. The van der Waals surface area contributed by atoms with Gasteiger partial charge in [0.15, 0.2) is 6.10 Å². The molecule has 73 heavy (non-hydrogen) atoms. The number of rotatable bonds is 54. The first kappa shape index (κ1) is 69.1. The van der Waals surface area contributed by atoms with Gasteiger partial charge < -0.3 is 14.2 Å². The van der Waals surface area contributed by atoms with Crippen molar-refractivity contribution in [2.24, 2.45) is 0 Å². The summed E-state index contributed by atoms with van der Waals surface area (Å²) >= 11 is 0. The average molecular weight is 1010 g/mol. The molecular weight excluding hydrogens is 901 g/mol. The molecule has 0 radical (unpaired) electrons. The maximum Gasteiger partial charge on any atom is 0.309 e. The van der Waals surface area contributed by atoms with Gasteiger partial charge in [0.25, 0.3) is 0 Å². The lowest BCUT2D eigenvalue weighted by Gasteiger charge is -2.18. The van der Waals surface area contributed by atoms with Crippen LogP contribution < -0.4 is 0 Å². The molecule has 0 N–H and O–H groups in total. The summed E-state index contributed by atoms with van der Waals surface area (Å²) in [7, 11) is 0. The van der Waals surface area contributed by atoms with Crippen LogP contribution in [0.2, 0.25) is 0 Å². The summed E-state index contributed by atoms with van der Waals surface area (Å²) in [5.41, 5.74) is 0. The highest BCUT2D eigenvalue weighted by atomic mass is 16.6. The molecule has 0 saturated heterocycles. The van der Waals surface area contributed by atoms with Gasteiger partial charge in [-0.2, -0.15) is 0 Å². The van der Waals surface area contributed by atoms with Crippen molar-refractivity contribution in [2.45, 2.75) is 284 Å². The highest BCUT2D eigenvalue weighted by Gasteiger charge is 2.19. The van der Waals surface area contributed by atoms with Crippen molar-refractivity contribution < 1.29 is 28.6 Å². The molecule has 0 aliphatic rings. The maximum atomic E-state index is 12.9. The molecule has 0 fully saturated rings. The third-order valence-corrected chi connectivity index (χ3v) is 12.8. The van der Waals surface area contributed by atoms with Crippen LogP contribution in [-0.4, -0.2) is 37.2 Å². The summed E-state index contributed by atoms with van der Waals surface area (Å²) in [6, 6.07) is 0. The molecular formula is C67H112O6. The molecule has 6 nitrogen and oxygen atoms in total. The van der Waals surface area contributed by atoms with E-state index in [0.29, 0.717) is 12.8 Å². The van der Waals surface area contributed by atoms with E-state index in [1.807, 2.05) is 6.08 Å². The fourth-order valence-electron chi connectivity index (χ4n) is 8.22. The molecule has 6 heteroatoms. The quantitative estimate of drug-likeness (QED) is 0.0261. The summed E-state index contributed by atoms with van der Waals surface area (Å²) in [6.07, 6.45) is 82.5. The summed E-state index contributed by atoms with van der Waals surface area (Å²) in [6.45, 7) is 6.42. The predicted molar refractivity (Wildman–Crippen MR) is 316 cm³/mol. The maximum absolute atomic E-state index is 12.9. The Morgan fingerprint density at radius 3 is 0.973 bits per heavy atom. The number of carbonyl (C=O) groups excluding carboxylic acids is 3. The lowest BCUT2D eigenvalue weighted by Crippen LogP contribution is -2.30. The lowest BCUT2D eigenvalue weighted by atomic mass is 10.1. The molecule has 1 atom stereocenters. The van der Waals surface area contributed by atoms with Crippen LogP contribution in [-0.2, 0) is 28.6 Å². The van der Waals surface area contributed by atoms with E-state index in [0.717, 1.165) is 89.9 Å².